The van der Waals surface area contributed by atoms with Crippen molar-refractivity contribution in [2.45, 2.75) is 31.3 Å². The highest BCUT2D eigenvalue weighted by atomic mass is 16.5. The third-order valence-corrected chi connectivity index (χ3v) is 5.19. The second kappa shape index (κ2) is 10.6. The minimum Gasteiger partial charge on any atom is -0.497 e. The van der Waals surface area contributed by atoms with E-state index >= 15 is 0 Å². The van der Waals surface area contributed by atoms with Crippen LogP contribution in [0.5, 0.6) is 5.75 Å². The van der Waals surface area contributed by atoms with Crippen molar-refractivity contribution in [3.05, 3.63) is 65.7 Å². The molecule has 0 unspecified atom stereocenters. The van der Waals surface area contributed by atoms with Gasteiger partial charge in [-0.05, 0) is 36.1 Å². The normalized spacial score (nSPS) is 16.7. The zero-order valence-electron chi connectivity index (χ0n) is 17.4. The lowest BCUT2D eigenvalue weighted by Crippen LogP contribution is -2.43. The summed E-state index contributed by atoms with van der Waals surface area (Å²) in [7, 11) is 1.59. The molecule has 0 aromatic heterocycles. The van der Waals surface area contributed by atoms with Crippen LogP contribution in [0.15, 0.2) is 54.6 Å². The second-order valence-corrected chi connectivity index (χ2v) is 7.43. The summed E-state index contributed by atoms with van der Waals surface area (Å²) in [4.78, 5) is 38.4. The van der Waals surface area contributed by atoms with Crippen LogP contribution in [0.3, 0.4) is 0 Å². The number of imide groups is 1. The fourth-order valence-corrected chi connectivity index (χ4v) is 3.49. The summed E-state index contributed by atoms with van der Waals surface area (Å²) in [5, 5.41) is 14.9. The standard InChI is InChI=1S/C23H27N3O5/c1-31-19-9-7-16(8-10-19)11-12-26-22(29)20(25-23(26)30)14-21(28)24-18(15-27)13-17-5-3-2-4-6-17/h2-10,18,20,27H,11-15H2,1H3,(H,24,28)(H,25,30)/t18-,20+/m0/s1. The molecular weight excluding hydrogens is 398 g/mol. The van der Waals surface area contributed by atoms with E-state index in [2.05, 4.69) is 10.6 Å². The first-order chi connectivity index (χ1) is 15.0. The van der Waals surface area contributed by atoms with E-state index in [1.54, 1.807) is 7.11 Å². The van der Waals surface area contributed by atoms with Crippen LogP contribution in [-0.4, -0.2) is 60.2 Å². The Bertz CT molecular complexity index is 901. The molecular formula is C23H27N3O5. The van der Waals surface area contributed by atoms with Gasteiger partial charge in [-0.1, -0.05) is 42.5 Å². The summed E-state index contributed by atoms with van der Waals surface area (Å²) < 4.78 is 5.12. The average molecular weight is 425 g/mol. The van der Waals surface area contributed by atoms with Crippen LogP contribution in [-0.2, 0) is 22.4 Å². The molecule has 1 saturated heterocycles. The summed E-state index contributed by atoms with van der Waals surface area (Å²) in [6.07, 6.45) is 0.808. The highest BCUT2D eigenvalue weighted by molar-refractivity contribution is 6.05. The molecule has 8 nitrogen and oxygen atoms in total. The van der Waals surface area contributed by atoms with Crippen molar-refractivity contribution in [1.29, 1.82) is 0 Å². The molecule has 8 heteroatoms. The van der Waals surface area contributed by atoms with Crippen molar-refractivity contribution in [3.8, 4) is 5.75 Å². The highest BCUT2D eigenvalue weighted by Gasteiger charge is 2.38. The Labute approximate surface area is 181 Å². The number of ether oxygens (including phenoxy) is 1. The van der Waals surface area contributed by atoms with Crippen molar-refractivity contribution >= 4 is 17.8 Å². The topological polar surface area (TPSA) is 108 Å². The van der Waals surface area contributed by atoms with Gasteiger partial charge in [-0.25, -0.2) is 4.79 Å². The van der Waals surface area contributed by atoms with Gasteiger partial charge in [-0.2, -0.15) is 0 Å². The van der Waals surface area contributed by atoms with Gasteiger partial charge in [-0.15, -0.1) is 0 Å². The van der Waals surface area contributed by atoms with E-state index in [1.807, 2.05) is 54.6 Å². The number of urea groups is 1. The van der Waals surface area contributed by atoms with Gasteiger partial charge in [0.15, 0.2) is 0 Å². The van der Waals surface area contributed by atoms with Crippen LogP contribution in [0.2, 0.25) is 0 Å². The van der Waals surface area contributed by atoms with Crippen molar-refractivity contribution in [3.63, 3.8) is 0 Å². The zero-order valence-corrected chi connectivity index (χ0v) is 17.4. The minimum absolute atomic E-state index is 0.172. The maximum absolute atomic E-state index is 12.6. The quantitative estimate of drug-likeness (QED) is 0.497. The molecule has 1 heterocycles. The van der Waals surface area contributed by atoms with Crippen LogP contribution in [0, 0.1) is 0 Å². The van der Waals surface area contributed by atoms with Crippen LogP contribution >= 0.6 is 0 Å². The van der Waals surface area contributed by atoms with E-state index in [0.717, 1.165) is 21.8 Å². The molecule has 31 heavy (non-hydrogen) atoms. The first kappa shape index (κ1) is 22.3. The van der Waals surface area contributed by atoms with Gasteiger partial charge in [0.1, 0.15) is 11.8 Å². The number of carbonyl (C=O) groups excluding carboxylic acids is 3. The summed E-state index contributed by atoms with van der Waals surface area (Å²) in [6, 6.07) is 15.0. The van der Waals surface area contributed by atoms with E-state index in [9.17, 15) is 19.5 Å². The van der Waals surface area contributed by atoms with Gasteiger partial charge in [0.25, 0.3) is 5.91 Å². The number of carbonyl (C=O) groups is 3. The van der Waals surface area contributed by atoms with Gasteiger partial charge in [-0.3, -0.25) is 14.5 Å². The molecule has 0 aliphatic carbocycles. The lowest BCUT2D eigenvalue weighted by Gasteiger charge is -2.17. The second-order valence-electron chi connectivity index (χ2n) is 7.43. The monoisotopic (exact) mass is 425 g/mol. The van der Waals surface area contributed by atoms with Gasteiger partial charge < -0.3 is 20.5 Å². The SMILES string of the molecule is COc1ccc(CCN2C(=O)N[C@H](CC(=O)N[C@H](CO)Cc3ccccc3)C2=O)cc1. The maximum Gasteiger partial charge on any atom is 0.324 e. The largest absolute Gasteiger partial charge is 0.497 e. The number of rotatable bonds is 10. The smallest absolute Gasteiger partial charge is 0.324 e. The summed E-state index contributed by atoms with van der Waals surface area (Å²) in [5.74, 6) is -0.0822. The zero-order chi connectivity index (χ0) is 22.2. The first-order valence-corrected chi connectivity index (χ1v) is 10.2. The minimum atomic E-state index is -0.903. The fraction of sp³-hybridized carbons (Fsp3) is 0.348. The molecule has 2 atom stereocenters. The van der Waals surface area contributed by atoms with E-state index in [0.29, 0.717) is 12.8 Å². The molecule has 2 aromatic rings. The number of nitrogens with zero attached hydrogens (tertiary/aromatic N) is 1. The Hall–Kier alpha value is -3.39. The number of aliphatic hydroxyl groups excluding tert-OH is 1. The van der Waals surface area contributed by atoms with Crippen molar-refractivity contribution in [2.24, 2.45) is 0 Å². The Morgan fingerprint density at radius 3 is 2.48 bits per heavy atom. The lowest BCUT2D eigenvalue weighted by molar-refractivity contribution is -0.131. The van der Waals surface area contributed by atoms with E-state index in [-0.39, 0.29) is 19.6 Å². The van der Waals surface area contributed by atoms with Gasteiger partial charge in [0, 0.05) is 6.54 Å². The summed E-state index contributed by atoms with van der Waals surface area (Å²) in [5.41, 5.74) is 1.95. The molecule has 164 valence electrons. The van der Waals surface area contributed by atoms with Crippen LogP contribution in [0.25, 0.3) is 0 Å². The van der Waals surface area contributed by atoms with E-state index in [1.165, 1.54) is 0 Å². The number of aliphatic hydroxyl groups is 1. The maximum atomic E-state index is 12.6. The van der Waals surface area contributed by atoms with Crippen molar-refractivity contribution in [2.75, 3.05) is 20.3 Å². The van der Waals surface area contributed by atoms with E-state index < -0.39 is 29.9 Å². The number of hydrogen-bond acceptors (Lipinski definition) is 5. The third-order valence-electron chi connectivity index (χ3n) is 5.19. The first-order valence-electron chi connectivity index (χ1n) is 10.2. The van der Waals surface area contributed by atoms with E-state index in [4.69, 9.17) is 4.74 Å². The highest BCUT2D eigenvalue weighted by Crippen LogP contribution is 2.15. The Kier molecular flexibility index (Phi) is 7.61. The Morgan fingerprint density at radius 1 is 1.13 bits per heavy atom. The lowest BCUT2D eigenvalue weighted by atomic mass is 10.1. The van der Waals surface area contributed by atoms with Crippen molar-refractivity contribution < 1.29 is 24.2 Å². The van der Waals surface area contributed by atoms with Gasteiger partial charge in [0.05, 0.1) is 26.2 Å². The number of hydrogen-bond donors (Lipinski definition) is 3. The van der Waals surface area contributed by atoms with Crippen LogP contribution in [0.1, 0.15) is 17.5 Å². The predicted molar refractivity (Wildman–Crippen MR) is 115 cm³/mol. The molecule has 1 aliphatic rings. The molecule has 0 spiro atoms. The third kappa shape index (κ3) is 6.05. The fourth-order valence-electron chi connectivity index (χ4n) is 3.49. The number of methoxy groups -OCH3 is 1. The number of amides is 4. The van der Waals surface area contributed by atoms with Gasteiger partial charge >= 0.3 is 6.03 Å². The predicted octanol–water partition coefficient (Wildman–Crippen LogP) is 1.27. The molecule has 0 saturated carbocycles. The number of nitrogens with one attached hydrogen (secondary N) is 2. The summed E-state index contributed by atoms with van der Waals surface area (Å²) >= 11 is 0. The average Bonchev–Trinajstić information content (AvgIpc) is 3.05. The summed E-state index contributed by atoms with van der Waals surface area (Å²) in [6.45, 7) is 0.00196. The number of benzene rings is 2. The van der Waals surface area contributed by atoms with Crippen LogP contribution in [0.4, 0.5) is 4.79 Å². The molecule has 0 radical (unpaired) electrons. The Morgan fingerprint density at radius 2 is 1.84 bits per heavy atom. The molecule has 2 aromatic carbocycles. The molecule has 1 aliphatic heterocycles. The van der Waals surface area contributed by atoms with Crippen molar-refractivity contribution in [1.82, 2.24) is 15.5 Å². The Balaban J connectivity index is 1.50. The van der Waals surface area contributed by atoms with Gasteiger partial charge in [0.2, 0.25) is 5.91 Å². The molecule has 4 amide bonds. The molecule has 1 fully saturated rings. The molecule has 0 bridgehead atoms. The molecule has 3 N–H and O–H groups in total. The van der Waals surface area contributed by atoms with Crippen LogP contribution < -0.4 is 15.4 Å². The molecule has 3 rings (SSSR count).